The van der Waals surface area contributed by atoms with Gasteiger partial charge in [-0.3, -0.25) is 4.79 Å². The molecule has 1 N–H and O–H groups in total. The van der Waals surface area contributed by atoms with E-state index in [0.717, 1.165) is 28.8 Å². The molecule has 0 aliphatic rings. The third kappa shape index (κ3) is 3.46. The van der Waals surface area contributed by atoms with Gasteiger partial charge in [0, 0.05) is 27.5 Å². The maximum Gasteiger partial charge on any atom is 0.150 e. The second-order valence-corrected chi connectivity index (χ2v) is 4.54. The van der Waals surface area contributed by atoms with Crippen LogP contribution in [-0.4, -0.2) is 6.29 Å². The monoisotopic (exact) mass is 249 g/mol. The van der Waals surface area contributed by atoms with Crippen LogP contribution in [0.2, 0.25) is 5.02 Å². The summed E-state index contributed by atoms with van der Waals surface area (Å²) in [6, 6.07) is 5.19. The SMILES string of the molecule is C=C(C)NC(=C(C)C)c1cc(C=O)ccc1Cl. The van der Waals surface area contributed by atoms with E-state index in [9.17, 15) is 4.79 Å². The molecule has 0 bridgehead atoms. The molecule has 90 valence electrons. The molecule has 0 aliphatic carbocycles. The van der Waals surface area contributed by atoms with Crippen LogP contribution < -0.4 is 5.32 Å². The summed E-state index contributed by atoms with van der Waals surface area (Å²) in [5, 5.41) is 3.78. The van der Waals surface area contributed by atoms with E-state index in [-0.39, 0.29) is 0 Å². The van der Waals surface area contributed by atoms with Gasteiger partial charge in [-0.1, -0.05) is 29.8 Å². The molecule has 17 heavy (non-hydrogen) atoms. The molecular formula is C14H16ClNO. The minimum Gasteiger partial charge on any atom is -0.359 e. The van der Waals surface area contributed by atoms with Crippen molar-refractivity contribution in [3.63, 3.8) is 0 Å². The number of hydrogen-bond acceptors (Lipinski definition) is 2. The van der Waals surface area contributed by atoms with Crippen molar-refractivity contribution in [2.45, 2.75) is 20.8 Å². The fourth-order valence-electron chi connectivity index (χ4n) is 1.48. The van der Waals surface area contributed by atoms with Crippen LogP contribution in [0.25, 0.3) is 5.70 Å². The van der Waals surface area contributed by atoms with Crippen LogP contribution >= 0.6 is 11.6 Å². The molecule has 0 amide bonds. The van der Waals surface area contributed by atoms with Gasteiger partial charge < -0.3 is 5.32 Å². The highest BCUT2D eigenvalue weighted by Crippen LogP contribution is 2.26. The van der Waals surface area contributed by atoms with E-state index in [1.807, 2.05) is 20.8 Å². The number of allylic oxidation sites excluding steroid dienone is 2. The highest BCUT2D eigenvalue weighted by Gasteiger charge is 2.09. The maximum absolute atomic E-state index is 10.8. The van der Waals surface area contributed by atoms with Crippen molar-refractivity contribution < 1.29 is 4.79 Å². The highest BCUT2D eigenvalue weighted by molar-refractivity contribution is 6.32. The van der Waals surface area contributed by atoms with E-state index in [0.29, 0.717) is 10.6 Å². The molecule has 0 heterocycles. The Morgan fingerprint density at radius 2 is 2.00 bits per heavy atom. The summed E-state index contributed by atoms with van der Waals surface area (Å²) < 4.78 is 0. The largest absolute Gasteiger partial charge is 0.359 e. The minimum atomic E-state index is 0.603. The molecule has 0 radical (unpaired) electrons. The molecule has 3 heteroatoms. The Labute approximate surface area is 107 Å². The first-order chi connectivity index (χ1) is 7.95. The second-order valence-electron chi connectivity index (χ2n) is 4.14. The molecule has 2 nitrogen and oxygen atoms in total. The fraction of sp³-hybridized carbons (Fsp3) is 0.214. The Morgan fingerprint density at radius 3 is 2.47 bits per heavy atom. The van der Waals surface area contributed by atoms with Crippen molar-refractivity contribution in [1.29, 1.82) is 0 Å². The van der Waals surface area contributed by atoms with Gasteiger partial charge >= 0.3 is 0 Å². The summed E-state index contributed by atoms with van der Waals surface area (Å²) in [4.78, 5) is 10.8. The summed E-state index contributed by atoms with van der Waals surface area (Å²) >= 11 is 6.16. The lowest BCUT2D eigenvalue weighted by molar-refractivity contribution is 0.112. The molecule has 0 aliphatic heterocycles. The van der Waals surface area contributed by atoms with E-state index in [4.69, 9.17) is 11.6 Å². The number of halogens is 1. The first-order valence-electron chi connectivity index (χ1n) is 5.30. The van der Waals surface area contributed by atoms with E-state index in [2.05, 4.69) is 11.9 Å². The van der Waals surface area contributed by atoms with Crippen molar-refractivity contribution in [1.82, 2.24) is 5.32 Å². The lowest BCUT2D eigenvalue weighted by atomic mass is 10.0. The number of hydrogen-bond donors (Lipinski definition) is 1. The zero-order chi connectivity index (χ0) is 13.0. The van der Waals surface area contributed by atoms with Gasteiger partial charge in [-0.05, 0) is 32.9 Å². The Kier molecular flexibility index (Phi) is 4.53. The number of nitrogens with one attached hydrogen (secondary N) is 1. The van der Waals surface area contributed by atoms with Crippen molar-refractivity contribution in [3.05, 3.63) is 52.2 Å². The molecule has 1 rings (SSSR count). The van der Waals surface area contributed by atoms with E-state index in [1.165, 1.54) is 0 Å². The van der Waals surface area contributed by atoms with E-state index >= 15 is 0 Å². The summed E-state index contributed by atoms with van der Waals surface area (Å²) in [5.74, 6) is 0. The van der Waals surface area contributed by atoms with Gasteiger partial charge in [-0.25, -0.2) is 0 Å². The predicted molar refractivity (Wildman–Crippen MR) is 73.1 cm³/mol. The average Bonchev–Trinajstić information content (AvgIpc) is 2.26. The molecule has 0 fully saturated rings. The van der Waals surface area contributed by atoms with Crippen molar-refractivity contribution >= 4 is 23.6 Å². The van der Waals surface area contributed by atoms with Crippen molar-refractivity contribution in [2.24, 2.45) is 0 Å². The molecule has 1 aromatic carbocycles. The van der Waals surface area contributed by atoms with Crippen LogP contribution in [-0.2, 0) is 0 Å². The molecular weight excluding hydrogens is 234 g/mol. The fourth-order valence-corrected chi connectivity index (χ4v) is 1.69. The molecule has 0 aromatic heterocycles. The number of aldehydes is 1. The van der Waals surface area contributed by atoms with Crippen LogP contribution in [0.4, 0.5) is 0 Å². The number of benzene rings is 1. The average molecular weight is 250 g/mol. The number of carbonyl (C=O) groups is 1. The van der Waals surface area contributed by atoms with Gasteiger partial charge in [0.2, 0.25) is 0 Å². The Bertz CT molecular complexity index is 485. The van der Waals surface area contributed by atoms with E-state index in [1.54, 1.807) is 18.2 Å². The Morgan fingerprint density at radius 1 is 1.35 bits per heavy atom. The lowest BCUT2D eigenvalue weighted by Crippen LogP contribution is -2.10. The van der Waals surface area contributed by atoms with Crippen molar-refractivity contribution in [3.8, 4) is 0 Å². The van der Waals surface area contributed by atoms with Gasteiger partial charge in [-0.2, -0.15) is 0 Å². The minimum absolute atomic E-state index is 0.603. The molecule has 0 spiro atoms. The smallest absolute Gasteiger partial charge is 0.150 e. The van der Waals surface area contributed by atoms with Crippen LogP contribution in [0.3, 0.4) is 0 Å². The molecule has 0 unspecified atom stereocenters. The standard InChI is InChI=1S/C14H16ClNO/c1-9(2)14(16-10(3)4)12-7-11(8-17)5-6-13(12)15/h5-8,16H,3H2,1-2,4H3. The van der Waals surface area contributed by atoms with Gasteiger partial charge in [0.1, 0.15) is 6.29 Å². The van der Waals surface area contributed by atoms with Gasteiger partial charge in [-0.15, -0.1) is 0 Å². The molecule has 1 aromatic rings. The zero-order valence-electron chi connectivity index (χ0n) is 10.3. The lowest BCUT2D eigenvalue weighted by Gasteiger charge is -2.15. The molecule has 0 atom stereocenters. The normalized spacial score (nSPS) is 9.65. The molecule has 0 saturated heterocycles. The van der Waals surface area contributed by atoms with Crippen LogP contribution in [0.15, 0.2) is 36.0 Å². The van der Waals surface area contributed by atoms with E-state index < -0.39 is 0 Å². The Balaban J connectivity index is 3.33. The third-order valence-corrected chi connectivity index (χ3v) is 2.56. The quantitative estimate of drug-likeness (QED) is 0.817. The molecule has 0 saturated carbocycles. The summed E-state index contributed by atoms with van der Waals surface area (Å²) in [5.41, 5.74) is 4.23. The first-order valence-corrected chi connectivity index (χ1v) is 5.68. The number of rotatable bonds is 4. The van der Waals surface area contributed by atoms with Gasteiger partial charge in [0.25, 0.3) is 0 Å². The van der Waals surface area contributed by atoms with Crippen LogP contribution in [0.1, 0.15) is 36.7 Å². The van der Waals surface area contributed by atoms with Gasteiger partial charge in [0.05, 0.1) is 0 Å². The summed E-state index contributed by atoms with van der Waals surface area (Å²) in [6.07, 6.45) is 0.809. The highest BCUT2D eigenvalue weighted by atomic mass is 35.5. The predicted octanol–water partition coefficient (Wildman–Crippen LogP) is 4.03. The summed E-state index contributed by atoms with van der Waals surface area (Å²) in [7, 11) is 0. The number of carbonyl (C=O) groups excluding carboxylic acids is 1. The third-order valence-electron chi connectivity index (χ3n) is 2.23. The topological polar surface area (TPSA) is 29.1 Å². The van der Waals surface area contributed by atoms with Crippen molar-refractivity contribution in [2.75, 3.05) is 0 Å². The van der Waals surface area contributed by atoms with Crippen LogP contribution in [0.5, 0.6) is 0 Å². The zero-order valence-corrected chi connectivity index (χ0v) is 11.1. The van der Waals surface area contributed by atoms with Crippen LogP contribution in [0, 0.1) is 0 Å². The second kappa shape index (κ2) is 5.69. The first kappa shape index (κ1) is 13.5. The van der Waals surface area contributed by atoms with Gasteiger partial charge in [0.15, 0.2) is 0 Å². The Hall–Kier alpha value is -1.54. The summed E-state index contributed by atoms with van der Waals surface area (Å²) in [6.45, 7) is 9.66. The maximum atomic E-state index is 10.8.